The van der Waals surface area contributed by atoms with Crippen molar-refractivity contribution >= 4 is 5.97 Å². The molecule has 1 atom stereocenters. The monoisotopic (exact) mass is 552 g/mol. The number of ether oxygens (including phenoxy) is 2. The van der Waals surface area contributed by atoms with Crippen LogP contribution in [-0.4, -0.2) is 37.4 Å². The highest BCUT2D eigenvalue weighted by atomic mass is 16.7. The van der Waals surface area contributed by atoms with Gasteiger partial charge in [-0.1, -0.05) is 114 Å². The number of nitrogens with zero attached hydrogens (tertiary/aromatic N) is 1. The van der Waals surface area contributed by atoms with Crippen LogP contribution in [0.1, 0.15) is 121 Å². The zero-order valence-electron chi connectivity index (χ0n) is 26.2. The van der Waals surface area contributed by atoms with Crippen LogP contribution in [0.5, 0.6) is 5.75 Å². The Labute approximate surface area is 246 Å². The van der Waals surface area contributed by atoms with Crippen molar-refractivity contribution in [3.8, 4) is 5.75 Å². The number of quaternary nitrogens is 1. The maximum absolute atomic E-state index is 12.6. The highest BCUT2D eigenvalue weighted by molar-refractivity contribution is 5.69. The Morgan fingerprint density at radius 3 is 1.95 bits per heavy atom. The molecule has 0 spiro atoms. The van der Waals surface area contributed by atoms with Gasteiger partial charge in [-0.2, -0.15) is 0 Å². The predicted molar refractivity (Wildman–Crippen MR) is 168 cm³/mol. The SMILES string of the molecule is CCCCCCCCCCCCc1ccc(OC(CCC)OC(=O)CCCC[N+](C)(C)Cc2ccccc2)cc1. The molecule has 224 valence electrons. The first-order valence-corrected chi connectivity index (χ1v) is 16.2. The van der Waals surface area contributed by atoms with Gasteiger partial charge >= 0.3 is 5.97 Å². The van der Waals surface area contributed by atoms with Crippen LogP contribution >= 0.6 is 0 Å². The summed E-state index contributed by atoms with van der Waals surface area (Å²) in [6, 6.07) is 19.0. The first kappa shape index (κ1) is 33.9. The number of unbranched alkanes of at least 4 members (excludes halogenated alkanes) is 10. The molecule has 0 saturated carbocycles. The molecule has 2 aromatic rings. The second kappa shape index (κ2) is 20.5. The highest BCUT2D eigenvalue weighted by Crippen LogP contribution is 2.19. The predicted octanol–water partition coefficient (Wildman–Crippen LogP) is 9.65. The molecular formula is C36H58NO3+. The van der Waals surface area contributed by atoms with Crippen molar-refractivity contribution in [3.05, 3.63) is 65.7 Å². The summed E-state index contributed by atoms with van der Waals surface area (Å²) in [5.41, 5.74) is 2.70. The lowest BCUT2D eigenvalue weighted by molar-refractivity contribution is -0.903. The van der Waals surface area contributed by atoms with Crippen molar-refractivity contribution in [3.63, 3.8) is 0 Å². The third-order valence-corrected chi connectivity index (χ3v) is 7.64. The minimum absolute atomic E-state index is 0.163. The van der Waals surface area contributed by atoms with E-state index in [-0.39, 0.29) is 5.97 Å². The van der Waals surface area contributed by atoms with Crippen molar-refractivity contribution in [2.45, 2.75) is 129 Å². The third-order valence-electron chi connectivity index (χ3n) is 7.64. The molecule has 0 fully saturated rings. The summed E-state index contributed by atoms with van der Waals surface area (Å²) >= 11 is 0. The van der Waals surface area contributed by atoms with Crippen LogP contribution in [0.2, 0.25) is 0 Å². The molecule has 4 nitrogen and oxygen atoms in total. The van der Waals surface area contributed by atoms with Crippen molar-refractivity contribution < 1.29 is 18.8 Å². The summed E-state index contributed by atoms with van der Waals surface area (Å²) < 4.78 is 12.7. The van der Waals surface area contributed by atoms with Crippen LogP contribution in [0.4, 0.5) is 0 Å². The Hall–Kier alpha value is -2.33. The molecule has 0 N–H and O–H groups in total. The molecule has 0 aliphatic carbocycles. The minimum atomic E-state index is -0.518. The molecule has 2 rings (SSSR count). The average Bonchev–Trinajstić information content (AvgIpc) is 2.93. The van der Waals surface area contributed by atoms with E-state index in [1.165, 1.54) is 75.3 Å². The quantitative estimate of drug-likeness (QED) is 0.0596. The van der Waals surface area contributed by atoms with Gasteiger partial charge in [0.05, 0.1) is 20.6 Å². The standard InChI is InChI=1S/C36H58NO3/c1-5-7-8-9-10-11-12-13-14-16-22-32-26-28-34(29-27-32)39-36(21-6-2)40-35(38)25-19-20-30-37(3,4)31-33-23-17-15-18-24-33/h15,17-18,23-24,26-29,36H,5-14,16,19-22,25,30-31H2,1-4H3/q+1. The van der Waals surface area contributed by atoms with Crippen molar-refractivity contribution in [1.82, 2.24) is 0 Å². The molecule has 0 saturated heterocycles. The van der Waals surface area contributed by atoms with E-state index in [9.17, 15) is 4.79 Å². The van der Waals surface area contributed by atoms with Gasteiger partial charge < -0.3 is 14.0 Å². The number of aryl methyl sites for hydroxylation is 1. The Morgan fingerprint density at radius 1 is 0.700 bits per heavy atom. The van der Waals surface area contributed by atoms with Gasteiger partial charge in [-0.15, -0.1) is 0 Å². The zero-order chi connectivity index (χ0) is 28.9. The lowest BCUT2D eigenvalue weighted by atomic mass is 10.0. The molecule has 0 aliphatic rings. The molecule has 1 unspecified atom stereocenters. The van der Waals surface area contributed by atoms with Gasteiger partial charge in [0.15, 0.2) is 0 Å². The summed E-state index contributed by atoms with van der Waals surface area (Å²) in [7, 11) is 4.50. The number of hydrogen-bond acceptors (Lipinski definition) is 3. The fraction of sp³-hybridized carbons (Fsp3) is 0.639. The summed E-state index contributed by atoms with van der Waals surface area (Å²) in [4.78, 5) is 12.6. The smallest absolute Gasteiger partial charge is 0.308 e. The summed E-state index contributed by atoms with van der Waals surface area (Å²) in [6.45, 7) is 6.39. The van der Waals surface area contributed by atoms with E-state index in [4.69, 9.17) is 9.47 Å². The largest absolute Gasteiger partial charge is 0.455 e. The average molecular weight is 553 g/mol. The Balaban J connectivity index is 1.62. The first-order valence-electron chi connectivity index (χ1n) is 16.2. The molecule has 0 amide bonds. The van der Waals surface area contributed by atoms with Gasteiger partial charge in [-0.05, 0) is 49.8 Å². The molecule has 4 heteroatoms. The van der Waals surface area contributed by atoms with Crippen LogP contribution in [0.3, 0.4) is 0 Å². The fourth-order valence-corrected chi connectivity index (χ4v) is 5.25. The zero-order valence-corrected chi connectivity index (χ0v) is 26.2. The Bertz CT molecular complexity index is 894. The molecular weight excluding hydrogens is 494 g/mol. The van der Waals surface area contributed by atoms with Gasteiger partial charge in [-0.25, -0.2) is 0 Å². The van der Waals surface area contributed by atoms with Crippen LogP contribution in [-0.2, 0) is 22.5 Å². The Kier molecular flexibility index (Phi) is 17.4. The fourth-order valence-electron chi connectivity index (χ4n) is 5.25. The summed E-state index contributed by atoms with van der Waals surface area (Å²) in [6.07, 6.45) is 18.1. The molecule has 0 bridgehead atoms. The van der Waals surface area contributed by atoms with E-state index >= 15 is 0 Å². The maximum Gasteiger partial charge on any atom is 0.308 e. The third kappa shape index (κ3) is 16.1. The number of carbonyl (C=O) groups excluding carboxylic acids is 1. The lowest BCUT2D eigenvalue weighted by Crippen LogP contribution is -2.39. The highest BCUT2D eigenvalue weighted by Gasteiger charge is 2.18. The van der Waals surface area contributed by atoms with Crippen LogP contribution in [0.25, 0.3) is 0 Å². The van der Waals surface area contributed by atoms with E-state index in [1.807, 2.05) is 12.1 Å². The van der Waals surface area contributed by atoms with Gasteiger partial charge in [0.2, 0.25) is 6.29 Å². The molecule has 2 aromatic carbocycles. The lowest BCUT2D eigenvalue weighted by Gasteiger charge is -2.30. The maximum atomic E-state index is 12.6. The van der Waals surface area contributed by atoms with Gasteiger partial charge in [0.1, 0.15) is 12.3 Å². The van der Waals surface area contributed by atoms with E-state index in [0.29, 0.717) is 12.8 Å². The molecule has 0 heterocycles. The van der Waals surface area contributed by atoms with Crippen molar-refractivity contribution in [2.24, 2.45) is 0 Å². The Morgan fingerprint density at radius 2 is 1.32 bits per heavy atom. The summed E-state index contributed by atoms with van der Waals surface area (Å²) in [5, 5.41) is 0. The molecule has 0 aliphatic heterocycles. The van der Waals surface area contributed by atoms with Gasteiger partial charge in [0.25, 0.3) is 0 Å². The van der Waals surface area contributed by atoms with E-state index in [2.05, 4.69) is 70.4 Å². The first-order chi connectivity index (χ1) is 19.4. The second-order valence-electron chi connectivity index (χ2n) is 12.2. The van der Waals surface area contributed by atoms with Crippen LogP contribution < -0.4 is 4.74 Å². The molecule has 0 aromatic heterocycles. The number of hydrogen-bond donors (Lipinski definition) is 0. The van der Waals surface area contributed by atoms with E-state index in [1.54, 1.807) is 0 Å². The number of benzene rings is 2. The molecule has 0 radical (unpaired) electrons. The van der Waals surface area contributed by atoms with Crippen LogP contribution in [0.15, 0.2) is 54.6 Å². The topological polar surface area (TPSA) is 35.5 Å². The van der Waals surface area contributed by atoms with Gasteiger partial charge in [0, 0.05) is 18.4 Å². The number of esters is 1. The number of rotatable bonds is 23. The number of carbonyl (C=O) groups is 1. The summed E-state index contributed by atoms with van der Waals surface area (Å²) in [5.74, 6) is 0.613. The van der Waals surface area contributed by atoms with Gasteiger partial charge in [-0.3, -0.25) is 4.79 Å². The molecule has 40 heavy (non-hydrogen) atoms. The van der Waals surface area contributed by atoms with E-state index in [0.717, 1.165) is 49.0 Å². The van der Waals surface area contributed by atoms with E-state index < -0.39 is 6.29 Å². The van der Waals surface area contributed by atoms with Crippen molar-refractivity contribution in [2.75, 3.05) is 20.6 Å². The van der Waals surface area contributed by atoms with Crippen LogP contribution in [0, 0.1) is 0 Å². The minimum Gasteiger partial charge on any atom is -0.455 e. The normalized spacial score (nSPS) is 12.3. The van der Waals surface area contributed by atoms with Crippen molar-refractivity contribution in [1.29, 1.82) is 0 Å². The second-order valence-corrected chi connectivity index (χ2v) is 12.2.